The van der Waals surface area contributed by atoms with E-state index >= 15 is 0 Å². The standard InChI is InChI=1S/C16H33NO2/c1-4-5-6-7-8-9-10-12-16(19)17(15(2)3)13-11-14-18/h15,18H,4-14H2,1-3H3. The maximum absolute atomic E-state index is 12.1. The minimum absolute atomic E-state index is 0.161. The Bertz CT molecular complexity index is 217. The van der Waals surface area contributed by atoms with Crippen LogP contribution in [0.15, 0.2) is 0 Å². The van der Waals surface area contributed by atoms with Gasteiger partial charge in [-0.15, -0.1) is 0 Å². The van der Waals surface area contributed by atoms with Gasteiger partial charge in [-0.3, -0.25) is 4.79 Å². The van der Waals surface area contributed by atoms with Crippen molar-refractivity contribution < 1.29 is 9.90 Å². The van der Waals surface area contributed by atoms with Gasteiger partial charge in [0, 0.05) is 25.6 Å². The summed E-state index contributed by atoms with van der Waals surface area (Å²) in [6.07, 6.45) is 10.0. The molecule has 0 rings (SSSR count). The monoisotopic (exact) mass is 271 g/mol. The third-order valence-corrected chi connectivity index (χ3v) is 3.50. The van der Waals surface area contributed by atoms with Crippen molar-refractivity contribution in [3.8, 4) is 0 Å². The fraction of sp³-hybridized carbons (Fsp3) is 0.938. The quantitative estimate of drug-likeness (QED) is 0.549. The van der Waals surface area contributed by atoms with E-state index < -0.39 is 0 Å². The zero-order valence-corrected chi connectivity index (χ0v) is 13.2. The number of carbonyl (C=O) groups is 1. The van der Waals surface area contributed by atoms with Gasteiger partial charge in [-0.2, -0.15) is 0 Å². The van der Waals surface area contributed by atoms with Crippen LogP contribution in [0.2, 0.25) is 0 Å². The number of aliphatic hydroxyl groups excluding tert-OH is 1. The molecule has 0 aromatic heterocycles. The minimum atomic E-state index is 0.161. The normalized spacial score (nSPS) is 11.0. The van der Waals surface area contributed by atoms with Crippen LogP contribution in [0, 0.1) is 0 Å². The van der Waals surface area contributed by atoms with Gasteiger partial charge in [0.25, 0.3) is 0 Å². The zero-order chi connectivity index (χ0) is 14.5. The molecule has 0 aliphatic heterocycles. The van der Waals surface area contributed by atoms with Gasteiger partial charge >= 0.3 is 0 Å². The van der Waals surface area contributed by atoms with Gasteiger partial charge in [-0.25, -0.2) is 0 Å². The van der Waals surface area contributed by atoms with Gasteiger partial charge in [-0.05, 0) is 26.7 Å². The number of rotatable bonds is 12. The number of hydrogen-bond donors (Lipinski definition) is 1. The van der Waals surface area contributed by atoms with Gasteiger partial charge in [0.15, 0.2) is 0 Å². The summed E-state index contributed by atoms with van der Waals surface area (Å²) >= 11 is 0. The summed E-state index contributed by atoms with van der Waals surface area (Å²) in [5.74, 6) is 0.247. The van der Waals surface area contributed by atoms with Crippen molar-refractivity contribution in [3.05, 3.63) is 0 Å². The van der Waals surface area contributed by atoms with Gasteiger partial charge in [0.05, 0.1) is 0 Å². The van der Waals surface area contributed by atoms with Crippen molar-refractivity contribution >= 4 is 5.91 Å². The van der Waals surface area contributed by atoms with E-state index in [1.807, 2.05) is 18.7 Å². The average molecular weight is 271 g/mol. The second-order valence-corrected chi connectivity index (χ2v) is 5.63. The molecule has 114 valence electrons. The Morgan fingerprint density at radius 3 is 2.11 bits per heavy atom. The second kappa shape index (κ2) is 12.5. The average Bonchev–Trinajstić information content (AvgIpc) is 2.37. The van der Waals surface area contributed by atoms with E-state index in [0.29, 0.717) is 19.4 Å². The predicted octanol–water partition coefficient (Wildman–Crippen LogP) is 3.75. The Kier molecular flexibility index (Phi) is 12.1. The molecule has 3 heteroatoms. The molecule has 0 aromatic rings. The van der Waals surface area contributed by atoms with E-state index in [1.165, 1.54) is 38.5 Å². The van der Waals surface area contributed by atoms with Crippen LogP contribution in [-0.2, 0) is 4.79 Å². The molecule has 19 heavy (non-hydrogen) atoms. The smallest absolute Gasteiger partial charge is 0.222 e. The molecule has 0 saturated carbocycles. The van der Waals surface area contributed by atoms with Crippen LogP contribution in [0.25, 0.3) is 0 Å². The molecule has 0 heterocycles. The second-order valence-electron chi connectivity index (χ2n) is 5.63. The van der Waals surface area contributed by atoms with Crippen molar-refractivity contribution in [3.63, 3.8) is 0 Å². The molecule has 0 spiro atoms. The third-order valence-electron chi connectivity index (χ3n) is 3.50. The van der Waals surface area contributed by atoms with E-state index in [1.54, 1.807) is 0 Å². The molecule has 0 aliphatic carbocycles. The number of amides is 1. The van der Waals surface area contributed by atoms with Gasteiger partial charge in [-0.1, -0.05) is 45.4 Å². The Morgan fingerprint density at radius 1 is 1.00 bits per heavy atom. The lowest BCUT2D eigenvalue weighted by atomic mass is 10.1. The Balaban J connectivity index is 3.69. The summed E-state index contributed by atoms with van der Waals surface area (Å²) in [7, 11) is 0. The van der Waals surface area contributed by atoms with Crippen LogP contribution >= 0.6 is 0 Å². The zero-order valence-electron chi connectivity index (χ0n) is 13.2. The summed E-state index contributed by atoms with van der Waals surface area (Å²) in [6, 6.07) is 0.239. The lowest BCUT2D eigenvalue weighted by molar-refractivity contribution is -0.133. The number of hydrogen-bond acceptors (Lipinski definition) is 2. The fourth-order valence-corrected chi connectivity index (χ4v) is 2.29. The van der Waals surface area contributed by atoms with Crippen LogP contribution in [0.3, 0.4) is 0 Å². The van der Waals surface area contributed by atoms with Crippen molar-refractivity contribution in [2.75, 3.05) is 13.2 Å². The molecule has 0 aliphatic rings. The van der Waals surface area contributed by atoms with Gasteiger partial charge in [0.1, 0.15) is 0 Å². The van der Waals surface area contributed by atoms with Crippen LogP contribution in [0.5, 0.6) is 0 Å². The topological polar surface area (TPSA) is 40.5 Å². The largest absolute Gasteiger partial charge is 0.396 e. The first kappa shape index (κ1) is 18.4. The number of carbonyl (C=O) groups excluding carboxylic acids is 1. The van der Waals surface area contributed by atoms with Crippen LogP contribution < -0.4 is 0 Å². The molecule has 0 fully saturated rings. The van der Waals surface area contributed by atoms with E-state index in [2.05, 4.69) is 6.92 Å². The SMILES string of the molecule is CCCCCCCCCC(=O)N(CCCO)C(C)C. The molecule has 0 atom stereocenters. The molecule has 3 nitrogen and oxygen atoms in total. The molecular weight excluding hydrogens is 238 g/mol. The molecule has 0 bridgehead atoms. The number of nitrogens with zero attached hydrogens (tertiary/aromatic N) is 1. The van der Waals surface area contributed by atoms with Crippen molar-refractivity contribution in [2.24, 2.45) is 0 Å². The van der Waals surface area contributed by atoms with Gasteiger partial charge in [0.2, 0.25) is 5.91 Å². The lowest BCUT2D eigenvalue weighted by Crippen LogP contribution is -2.37. The molecular formula is C16H33NO2. The van der Waals surface area contributed by atoms with E-state index in [-0.39, 0.29) is 18.6 Å². The first-order chi connectivity index (χ1) is 9.13. The first-order valence-electron chi connectivity index (χ1n) is 8.03. The molecule has 0 radical (unpaired) electrons. The Hall–Kier alpha value is -0.570. The van der Waals surface area contributed by atoms with E-state index in [4.69, 9.17) is 5.11 Å². The fourth-order valence-electron chi connectivity index (χ4n) is 2.29. The Labute approximate surface area is 119 Å². The summed E-state index contributed by atoms with van der Waals surface area (Å²) in [5.41, 5.74) is 0. The highest BCUT2D eigenvalue weighted by molar-refractivity contribution is 5.76. The van der Waals surface area contributed by atoms with Crippen molar-refractivity contribution in [2.45, 2.75) is 84.6 Å². The molecule has 1 amide bonds. The lowest BCUT2D eigenvalue weighted by Gasteiger charge is -2.26. The highest BCUT2D eigenvalue weighted by Crippen LogP contribution is 2.11. The molecule has 0 aromatic carbocycles. The van der Waals surface area contributed by atoms with Crippen LogP contribution in [0.1, 0.15) is 78.6 Å². The molecule has 0 saturated heterocycles. The minimum Gasteiger partial charge on any atom is -0.396 e. The summed E-state index contributed by atoms with van der Waals surface area (Å²) < 4.78 is 0. The van der Waals surface area contributed by atoms with Crippen molar-refractivity contribution in [1.82, 2.24) is 4.90 Å². The van der Waals surface area contributed by atoms with E-state index in [0.717, 1.165) is 6.42 Å². The van der Waals surface area contributed by atoms with Crippen LogP contribution in [0.4, 0.5) is 0 Å². The van der Waals surface area contributed by atoms with E-state index in [9.17, 15) is 4.79 Å². The molecule has 1 N–H and O–H groups in total. The third kappa shape index (κ3) is 9.94. The maximum Gasteiger partial charge on any atom is 0.222 e. The summed E-state index contributed by atoms with van der Waals surface area (Å²) in [6.45, 7) is 7.16. The summed E-state index contributed by atoms with van der Waals surface area (Å²) in [5, 5.41) is 8.86. The highest BCUT2D eigenvalue weighted by atomic mass is 16.3. The first-order valence-corrected chi connectivity index (χ1v) is 8.03. The number of unbranched alkanes of at least 4 members (excludes halogenated alkanes) is 6. The van der Waals surface area contributed by atoms with Crippen LogP contribution in [-0.4, -0.2) is 35.1 Å². The van der Waals surface area contributed by atoms with Crippen molar-refractivity contribution in [1.29, 1.82) is 0 Å². The summed E-state index contributed by atoms with van der Waals surface area (Å²) in [4.78, 5) is 14.0. The Morgan fingerprint density at radius 2 is 1.58 bits per heavy atom. The molecule has 0 unspecified atom stereocenters. The van der Waals surface area contributed by atoms with Gasteiger partial charge < -0.3 is 10.0 Å². The maximum atomic E-state index is 12.1. The number of aliphatic hydroxyl groups is 1. The predicted molar refractivity (Wildman–Crippen MR) is 81.2 cm³/mol. The highest BCUT2D eigenvalue weighted by Gasteiger charge is 2.15.